The molecule has 0 spiro atoms. The van der Waals surface area contributed by atoms with Crippen molar-refractivity contribution in [2.75, 3.05) is 0 Å². The molecule has 0 fully saturated rings. The van der Waals surface area contributed by atoms with Crippen molar-refractivity contribution in [2.45, 2.75) is 103 Å². The summed E-state index contributed by atoms with van der Waals surface area (Å²) in [5.74, 6) is 3.61. The summed E-state index contributed by atoms with van der Waals surface area (Å²) in [7, 11) is 0. The van der Waals surface area contributed by atoms with Gasteiger partial charge in [-0.25, -0.2) is 0 Å². The van der Waals surface area contributed by atoms with Crippen LogP contribution in [0.3, 0.4) is 0 Å². The van der Waals surface area contributed by atoms with Crippen molar-refractivity contribution in [3.05, 3.63) is 107 Å². The second kappa shape index (κ2) is 15.0. The van der Waals surface area contributed by atoms with Crippen LogP contribution in [0.5, 0.6) is 0 Å². The number of nitrogens with one attached hydrogen (secondary N) is 1. The maximum absolute atomic E-state index is 7.22. The largest absolute Gasteiger partial charge is 0.309 e. The zero-order chi connectivity index (χ0) is 28.4. The van der Waals surface area contributed by atoms with Gasteiger partial charge in [-0.2, -0.15) is 0 Å². The molecule has 5 atom stereocenters. The highest BCUT2D eigenvalue weighted by molar-refractivity contribution is 5.67. The van der Waals surface area contributed by atoms with Crippen molar-refractivity contribution in [3.63, 3.8) is 0 Å². The molecule has 5 unspecified atom stereocenters. The number of fused-ring (bicyclic) bond motifs is 1. The third-order valence-electron chi connectivity index (χ3n) is 10.7. The SMILES string of the molecule is C=C/C=C\C(=C/C)C1=C(C2C=CC(C3CCC(C4C=C(CC/C=C\C=N)CCC4)=C4C=CCCC43)CC2)CCCC1. The summed E-state index contributed by atoms with van der Waals surface area (Å²) in [6, 6.07) is 0. The van der Waals surface area contributed by atoms with E-state index in [1.807, 2.05) is 12.2 Å². The standard InChI is InChI=1S/C40H53N/c1-3-5-16-31(4-2)35-18-8-9-19-36(35)32-22-24-33(25-23-32)37-26-27-38(40-21-11-10-20-39(37)40)34-17-13-15-30(29-34)14-7-6-12-28-41/h3-6,11-12,16,21-22,24,28-29,32-34,37,39,41H,1,7-10,13-15,17-20,23,25-27H2,2H3/b12-6-,16-5-,31-4+,41-28?. The summed E-state index contributed by atoms with van der Waals surface area (Å²) in [4.78, 5) is 0. The molecule has 0 bridgehead atoms. The first-order valence-electron chi connectivity index (χ1n) is 16.8. The Morgan fingerprint density at radius 3 is 2.63 bits per heavy atom. The number of rotatable bonds is 10. The Balaban J connectivity index is 1.32. The van der Waals surface area contributed by atoms with Gasteiger partial charge in [0.1, 0.15) is 0 Å². The van der Waals surface area contributed by atoms with Gasteiger partial charge in [-0.3, -0.25) is 0 Å². The average molecular weight is 548 g/mol. The van der Waals surface area contributed by atoms with E-state index in [2.05, 4.69) is 68.2 Å². The molecule has 5 aliphatic rings. The van der Waals surface area contributed by atoms with Crippen LogP contribution in [0, 0.1) is 35.0 Å². The third kappa shape index (κ3) is 7.22. The molecule has 1 N–H and O–H groups in total. The van der Waals surface area contributed by atoms with Crippen molar-refractivity contribution in [3.8, 4) is 0 Å². The van der Waals surface area contributed by atoms with E-state index in [-0.39, 0.29) is 0 Å². The van der Waals surface area contributed by atoms with Crippen LogP contribution in [0.25, 0.3) is 0 Å². The lowest BCUT2D eigenvalue weighted by Crippen LogP contribution is -2.32. The Labute approximate surface area is 250 Å². The minimum atomic E-state index is 0.633. The van der Waals surface area contributed by atoms with Gasteiger partial charge in [0.25, 0.3) is 0 Å². The first-order valence-corrected chi connectivity index (χ1v) is 16.8. The molecule has 218 valence electrons. The predicted molar refractivity (Wildman–Crippen MR) is 178 cm³/mol. The van der Waals surface area contributed by atoms with Crippen LogP contribution in [-0.4, -0.2) is 6.21 Å². The van der Waals surface area contributed by atoms with Gasteiger partial charge in [0, 0.05) is 6.21 Å². The van der Waals surface area contributed by atoms with Gasteiger partial charge in [-0.05, 0) is 156 Å². The molecule has 41 heavy (non-hydrogen) atoms. The lowest BCUT2D eigenvalue weighted by atomic mass is 9.62. The number of allylic oxidation sites excluding steroid dienone is 17. The number of hydrogen-bond acceptors (Lipinski definition) is 1. The van der Waals surface area contributed by atoms with Gasteiger partial charge < -0.3 is 5.41 Å². The fourth-order valence-electron chi connectivity index (χ4n) is 8.75. The molecule has 0 amide bonds. The summed E-state index contributed by atoms with van der Waals surface area (Å²) < 4.78 is 0. The second-order valence-corrected chi connectivity index (χ2v) is 13.0. The zero-order valence-electron chi connectivity index (χ0n) is 25.6. The van der Waals surface area contributed by atoms with E-state index in [0.717, 1.165) is 30.6 Å². The van der Waals surface area contributed by atoms with Crippen LogP contribution in [0.15, 0.2) is 107 Å². The molecular weight excluding hydrogens is 494 g/mol. The first-order chi connectivity index (χ1) is 20.2. The third-order valence-corrected chi connectivity index (χ3v) is 10.7. The van der Waals surface area contributed by atoms with Gasteiger partial charge in [0.05, 0.1) is 0 Å². The summed E-state index contributed by atoms with van der Waals surface area (Å²) in [6.07, 6.45) is 46.3. The molecule has 0 aromatic heterocycles. The molecule has 5 aliphatic carbocycles. The van der Waals surface area contributed by atoms with Crippen LogP contribution in [0.4, 0.5) is 0 Å². The summed E-state index contributed by atoms with van der Waals surface area (Å²) in [5.41, 5.74) is 9.95. The molecule has 0 heterocycles. The molecule has 0 saturated heterocycles. The van der Waals surface area contributed by atoms with Crippen LogP contribution in [0.1, 0.15) is 103 Å². The molecule has 0 radical (unpaired) electrons. The number of hydrogen-bond donors (Lipinski definition) is 1. The smallest absolute Gasteiger partial charge is 0.0174 e. The van der Waals surface area contributed by atoms with Gasteiger partial charge in [0.15, 0.2) is 0 Å². The minimum Gasteiger partial charge on any atom is -0.309 e. The van der Waals surface area contributed by atoms with E-state index in [4.69, 9.17) is 5.41 Å². The van der Waals surface area contributed by atoms with Crippen LogP contribution >= 0.6 is 0 Å². The average Bonchev–Trinajstić information content (AvgIpc) is 3.03. The van der Waals surface area contributed by atoms with Crippen LogP contribution < -0.4 is 0 Å². The molecule has 0 aliphatic heterocycles. The highest BCUT2D eigenvalue weighted by atomic mass is 14.4. The topological polar surface area (TPSA) is 23.9 Å². The molecule has 1 heteroatoms. The summed E-state index contributed by atoms with van der Waals surface area (Å²) in [6.45, 7) is 6.08. The fraction of sp³-hybridized carbons (Fsp3) is 0.525. The van der Waals surface area contributed by atoms with Crippen LogP contribution in [0.2, 0.25) is 0 Å². The van der Waals surface area contributed by atoms with E-state index in [1.165, 1.54) is 95.3 Å². The van der Waals surface area contributed by atoms with E-state index >= 15 is 0 Å². The van der Waals surface area contributed by atoms with Crippen molar-refractivity contribution in [1.82, 2.24) is 0 Å². The highest BCUT2D eigenvalue weighted by Gasteiger charge is 2.38. The molecule has 1 nitrogen and oxygen atoms in total. The second-order valence-electron chi connectivity index (χ2n) is 13.0. The summed E-state index contributed by atoms with van der Waals surface area (Å²) >= 11 is 0. The van der Waals surface area contributed by atoms with Crippen molar-refractivity contribution < 1.29 is 0 Å². The van der Waals surface area contributed by atoms with Crippen molar-refractivity contribution >= 4 is 6.21 Å². The zero-order valence-corrected chi connectivity index (χ0v) is 25.6. The lowest BCUT2D eigenvalue weighted by molar-refractivity contribution is 0.222. The quantitative estimate of drug-likeness (QED) is 0.160. The maximum Gasteiger partial charge on any atom is 0.0174 e. The Kier molecular flexibility index (Phi) is 10.9. The van der Waals surface area contributed by atoms with E-state index in [9.17, 15) is 0 Å². The van der Waals surface area contributed by atoms with Crippen LogP contribution in [-0.2, 0) is 0 Å². The van der Waals surface area contributed by atoms with E-state index in [1.54, 1.807) is 27.9 Å². The normalized spacial score (nSPS) is 31.1. The monoisotopic (exact) mass is 547 g/mol. The van der Waals surface area contributed by atoms with Crippen molar-refractivity contribution in [1.29, 1.82) is 5.41 Å². The fourth-order valence-corrected chi connectivity index (χ4v) is 8.75. The van der Waals surface area contributed by atoms with Gasteiger partial charge in [0.2, 0.25) is 0 Å². The molecular formula is C40H53N. The predicted octanol–water partition coefficient (Wildman–Crippen LogP) is 11.5. The Hall–Kier alpha value is -2.67. The molecule has 0 aromatic rings. The highest BCUT2D eigenvalue weighted by Crippen LogP contribution is 2.50. The maximum atomic E-state index is 7.22. The van der Waals surface area contributed by atoms with Crippen molar-refractivity contribution in [2.24, 2.45) is 29.6 Å². The summed E-state index contributed by atoms with van der Waals surface area (Å²) in [5, 5.41) is 7.22. The molecule has 0 saturated carbocycles. The first kappa shape index (κ1) is 29.8. The molecule has 5 rings (SSSR count). The Bertz CT molecular complexity index is 1190. The van der Waals surface area contributed by atoms with Gasteiger partial charge in [-0.15, -0.1) is 0 Å². The lowest BCUT2D eigenvalue weighted by Gasteiger charge is -2.43. The van der Waals surface area contributed by atoms with Gasteiger partial charge >= 0.3 is 0 Å². The van der Waals surface area contributed by atoms with E-state index in [0.29, 0.717) is 11.8 Å². The van der Waals surface area contributed by atoms with Gasteiger partial charge in [-0.1, -0.05) is 84.1 Å². The Morgan fingerprint density at radius 2 is 1.83 bits per heavy atom. The van der Waals surface area contributed by atoms with E-state index < -0.39 is 0 Å². The minimum absolute atomic E-state index is 0.633. The Morgan fingerprint density at radius 1 is 0.927 bits per heavy atom. The molecule has 0 aromatic carbocycles.